The lowest BCUT2D eigenvalue weighted by molar-refractivity contribution is 0.0442. The van der Waals surface area contributed by atoms with Gasteiger partial charge in [0.2, 0.25) is 0 Å². The van der Waals surface area contributed by atoms with E-state index in [1.807, 2.05) is 0 Å². The largest absolute Gasteiger partial charge is 0.367 e. The van der Waals surface area contributed by atoms with Crippen molar-refractivity contribution in [1.82, 2.24) is 14.8 Å². The Labute approximate surface area is 198 Å². The first-order valence-electron chi connectivity index (χ1n) is 11.8. The molecule has 1 aromatic heterocycles. The molecule has 4 aromatic rings. The second-order valence-corrected chi connectivity index (χ2v) is 8.83. The molecule has 0 spiro atoms. The molecule has 6 heteroatoms. The molecular formula is C28H29F2N3O. The summed E-state index contributed by atoms with van der Waals surface area (Å²) in [6.07, 6.45) is 1.76. The zero-order valence-electron chi connectivity index (χ0n) is 19.1. The Kier molecular flexibility index (Phi) is 7.00. The normalized spacial score (nSPS) is 15.4. The summed E-state index contributed by atoms with van der Waals surface area (Å²) in [7, 11) is 0. The SMILES string of the molecule is Fc1ccc(C(OCCN2CCN(Cc3c[nH]c4ccccc34)CC2)c2ccc(F)cc2)cc1. The molecule has 0 aliphatic carbocycles. The van der Waals surface area contributed by atoms with Gasteiger partial charge in [0.05, 0.1) is 6.61 Å². The Morgan fingerprint density at radius 3 is 2.00 bits per heavy atom. The molecule has 34 heavy (non-hydrogen) atoms. The number of benzene rings is 3. The maximum atomic E-state index is 13.4. The van der Waals surface area contributed by atoms with E-state index < -0.39 is 0 Å². The molecule has 0 unspecified atom stereocenters. The second-order valence-electron chi connectivity index (χ2n) is 8.83. The van der Waals surface area contributed by atoms with Crippen molar-refractivity contribution in [2.75, 3.05) is 39.3 Å². The van der Waals surface area contributed by atoms with E-state index in [0.717, 1.165) is 50.4 Å². The third kappa shape index (κ3) is 5.36. The minimum atomic E-state index is -0.357. The van der Waals surface area contributed by atoms with Crippen LogP contribution in [-0.2, 0) is 11.3 Å². The van der Waals surface area contributed by atoms with Gasteiger partial charge in [-0.3, -0.25) is 9.80 Å². The molecule has 2 heterocycles. The first-order chi connectivity index (χ1) is 16.7. The van der Waals surface area contributed by atoms with Crippen LogP contribution in [0, 0.1) is 11.6 Å². The zero-order valence-corrected chi connectivity index (χ0v) is 19.1. The molecule has 4 nitrogen and oxygen atoms in total. The lowest BCUT2D eigenvalue weighted by Gasteiger charge is -2.34. The van der Waals surface area contributed by atoms with E-state index >= 15 is 0 Å². The average Bonchev–Trinajstić information content (AvgIpc) is 3.27. The highest BCUT2D eigenvalue weighted by Gasteiger charge is 2.20. The maximum Gasteiger partial charge on any atom is 0.123 e. The number of H-pyrrole nitrogens is 1. The Balaban J connectivity index is 1.14. The number of fused-ring (bicyclic) bond motifs is 1. The van der Waals surface area contributed by atoms with Gasteiger partial charge in [-0.25, -0.2) is 8.78 Å². The lowest BCUT2D eigenvalue weighted by Crippen LogP contribution is -2.46. The number of aromatic nitrogens is 1. The van der Waals surface area contributed by atoms with Gasteiger partial charge >= 0.3 is 0 Å². The predicted octanol–water partition coefficient (Wildman–Crippen LogP) is 5.37. The number of ether oxygens (including phenoxy) is 1. The third-order valence-electron chi connectivity index (χ3n) is 6.57. The van der Waals surface area contributed by atoms with Crippen molar-refractivity contribution in [3.05, 3.63) is 107 Å². The van der Waals surface area contributed by atoms with Crippen LogP contribution in [-0.4, -0.2) is 54.1 Å². The van der Waals surface area contributed by atoms with E-state index in [-0.39, 0.29) is 17.7 Å². The quantitative estimate of drug-likeness (QED) is 0.383. The number of rotatable bonds is 8. The number of halogens is 2. The summed E-state index contributed by atoms with van der Waals surface area (Å²) in [6, 6.07) is 21.1. The van der Waals surface area contributed by atoms with Gasteiger partial charge in [-0.05, 0) is 47.0 Å². The van der Waals surface area contributed by atoms with Gasteiger partial charge < -0.3 is 9.72 Å². The van der Waals surface area contributed by atoms with E-state index in [1.165, 1.54) is 40.7 Å². The topological polar surface area (TPSA) is 31.5 Å². The first-order valence-corrected chi connectivity index (χ1v) is 11.8. The smallest absolute Gasteiger partial charge is 0.123 e. The van der Waals surface area contributed by atoms with Crippen molar-refractivity contribution in [2.24, 2.45) is 0 Å². The van der Waals surface area contributed by atoms with E-state index in [2.05, 4.69) is 45.2 Å². The summed E-state index contributed by atoms with van der Waals surface area (Å²) in [4.78, 5) is 8.27. The van der Waals surface area contributed by atoms with Crippen LogP contribution in [0.4, 0.5) is 8.78 Å². The third-order valence-corrected chi connectivity index (χ3v) is 6.57. The molecule has 0 radical (unpaired) electrons. The predicted molar refractivity (Wildman–Crippen MR) is 131 cm³/mol. The molecule has 3 aromatic carbocycles. The Bertz CT molecular complexity index is 1150. The Morgan fingerprint density at radius 1 is 0.765 bits per heavy atom. The van der Waals surface area contributed by atoms with Crippen LogP contribution in [0.1, 0.15) is 22.8 Å². The average molecular weight is 462 g/mol. The molecule has 1 aliphatic rings. The fraction of sp³-hybridized carbons (Fsp3) is 0.286. The van der Waals surface area contributed by atoms with E-state index in [0.29, 0.717) is 6.61 Å². The highest BCUT2D eigenvalue weighted by Crippen LogP contribution is 2.27. The van der Waals surface area contributed by atoms with Crippen molar-refractivity contribution in [1.29, 1.82) is 0 Å². The van der Waals surface area contributed by atoms with Crippen molar-refractivity contribution >= 4 is 10.9 Å². The molecule has 1 aliphatic heterocycles. The minimum absolute atomic E-state index is 0.285. The summed E-state index contributed by atoms with van der Waals surface area (Å²) in [5.41, 5.74) is 4.24. The number of nitrogens with one attached hydrogen (secondary N) is 1. The van der Waals surface area contributed by atoms with Crippen molar-refractivity contribution in [2.45, 2.75) is 12.6 Å². The molecule has 5 rings (SSSR count). The van der Waals surface area contributed by atoms with Crippen molar-refractivity contribution in [3.63, 3.8) is 0 Å². The van der Waals surface area contributed by atoms with Crippen LogP contribution in [0.25, 0.3) is 10.9 Å². The summed E-state index contributed by atoms with van der Waals surface area (Å²) in [5, 5.41) is 1.30. The molecule has 0 saturated carbocycles. The molecule has 1 fully saturated rings. The summed E-state index contributed by atoms with van der Waals surface area (Å²) < 4.78 is 33.1. The minimum Gasteiger partial charge on any atom is -0.367 e. The number of aromatic amines is 1. The number of para-hydroxylation sites is 1. The Hall–Kier alpha value is -3.06. The zero-order chi connectivity index (χ0) is 23.3. The Morgan fingerprint density at radius 2 is 1.35 bits per heavy atom. The summed E-state index contributed by atoms with van der Waals surface area (Å²) >= 11 is 0. The highest BCUT2D eigenvalue weighted by atomic mass is 19.1. The standard InChI is InChI=1S/C28H29F2N3O/c29-24-9-5-21(6-10-24)28(22-7-11-25(30)12-8-22)34-18-17-32-13-15-33(16-14-32)20-23-19-31-27-4-2-1-3-26(23)27/h1-12,19,28,31H,13-18,20H2. The number of hydrogen-bond acceptors (Lipinski definition) is 3. The van der Waals surface area contributed by atoms with Gasteiger partial charge in [-0.15, -0.1) is 0 Å². The molecule has 0 atom stereocenters. The van der Waals surface area contributed by atoms with Crippen LogP contribution in [0.15, 0.2) is 79.0 Å². The molecule has 1 saturated heterocycles. The van der Waals surface area contributed by atoms with Crippen LogP contribution in [0.2, 0.25) is 0 Å². The molecule has 1 N–H and O–H groups in total. The fourth-order valence-electron chi connectivity index (χ4n) is 4.63. The van der Waals surface area contributed by atoms with Crippen LogP contribution >= 0.6 is 0 Å². The van der Waals surface area contributed by atoms with E-state index in [1.54, 1.807) is 24.3 Å². The van der Waals surface area contributed by atoms with Crippen molar-refractivity contribution in [3.8, 4) is 0 Å². The van der Waals surface area contributed by atoms with Crippen molar-refractivity contribution < 1.29 is 13.5 Å². The van der Waals surface area contributed by atoms with Gasteiger partial charge in [0.15, 0.2) is 0 Å². The summed E-state index contributed by atoms with van der Waals surface area (Å²) in [6.45, 7) is 6.32. The lowest BCUT2D eigenvalue weighted by atomic mass is 10.0. The van der Waals surface area contributed by atoms with Gasteiger partial charge in [-0.2, -0.15) is 0 Å². The summed E-state index contributed by atoms with van der Waals surface area (Å²) in [5.74, 6) is -0.570. The van der Waals surface area contributed by atoms with E-state index in [4.69, 9.17) is 4.74 Å². The van der Waals surface area contributed by atoms with Crippen LogP contribution in [0.5, 0.6) is 0 Å². The molecular weight excluding hydrogens is 432 g/mol. The number of piperazine rings is 1. The maximum absolute atomic E-state index is 13.4. The molecule has 0 bridgehead atoms. The van der Waals surface area contributed by atoms with Gasteiger partial charge in [0.1, 0.15) is 17.7 Å². The van der Waals surface area contributed by atoms with Gasteiger partial charge in [0.25, 0.3) is 0 Å². The number of nitrogens with zero attached hydrogens (tertiary/aromatic N) is 2. The fourth-order valence-corrected chi connectivity index (χ4v) is 4.63. The van der Waals surface area contributed by atoms with Crippen LogP contribution < -0.4 is 0 Å². The number of hydrogen-bond donors (Lipinski definition) is 1. The highest BCUT2D eigenvalue weighted by molar-refractivity contribution is 5.82. The molecule has 0 amide bonds. The van der Waals surface area contributed by atoms with Gasteiger partial charge in [-0.1, -0.05) is 42.5 Å². The van der Waals surface area contributed by atoms with E-state index in [9.17, 15) is 8.78 Å². The first kappa shape index (κ1) is 22.7. The van der Waals surface area contributed by atoms with Gasteiger partial charge in [0, 0.05) is 56.4 Å². The second kappa shape index (κ2) is 10.5. The van der Waals surface area contributed by atoms with Crippen LogP contribution in [0.3, 0.4) is 0 Å². The monoisotopic (exact) mass is 461 g/mol. The molecule has 176 valence electrons.